The van der Waals surface area contributed by atoms with Crippen LogP contribution in [0.4, 0.5) is 0 Å². The molecule has 0 saturated heterocycles. The smallest absolute Gasteiger partial charge is 0.0451 e. The molecule has 0 aliphatic heterocycles. The molecule has 3 heteroatoms. The van der Waals surface area contributed by atoms with Crippen LogP contribution in [0.2, 0.25) is 5.02 Å². The number of benzene rings is 2. The maximum Gasteiger partial charge on any atom is 0.0451 e. The minimum absolute atomic E-state index is 0.125. The lowest BCUT2D eigenvalue weighted by Gasteiger charge is -2.19. The third-order valence-electron chi connectivity index (χ3n) is 3.68. The van der Waals surface area contributed by atoms with Crippen LogP contribution < -0.4 is 5.73 Å². The summed E-state index contributed by atoms with van der Waals surface area (Å²) < 4.78 is 0. The van der Waals surface area contributed by atoms with Gasteiger partial charge < -0.3 is 10.6 Å². The van der Waals surface area contributed by atoms with Crippen LogP contribution in [-0.2, 0) is 6.54 Å². The first-order valence-corrected chi connectivity index (χ1v) is 7.77. The molecule has 2 aromatic rings. The molecule has 2 N–H and O–H groups in total. The molecule has 0 heterocycles. The summed E-state index contributed by atoms with van der Waals surface area (Å²) in [5.74, 6) is 0. The van der Waals surface area contributed by atoms with Crippen molar-refractivity contribution in [3.63, 3.8) is 0 Å². The summed E-state index contributed by atoms with van der Waals surface area (Å²) in [5.41, 5.74) is 8.61. The zero-order valence-corrected chi connectivity index (χ0v) is 13.3. The maximum atomic E-state index is 6.22. The molecule has 1 atom stereocenters. The summed E-state index contributed by atoms with van der Waals surface area (Å²) in [6.45, 7) is 1.89. The monoisotopic (exact) mass is 302 g/mol. The third kappa shape index (κ3) is 5.16. The van der Waals surface area contributed by atoms with Crippen molar-refractivity contribution in [2.24, 2.45) is 5.73 Å². The first-order chi connectivity index (χ1) is 10.2. The lowest BCUT2D eigenvalue weighted by molar-refractivity contribution is 0.314. The third-order valence-corrected chi connectivity index (χ3v) is 4.05. The van der Waals surface area contributed by atoms with E-state index in [0.29, 0.717) is 0 Å². The second-order valence-electron chi connectivity index (χ2n) is 5.49. The quantitative estimate of drug-likeness (QED) is 0.828. The van der Waals surface area contributed by atoms with Crippen LogP contribution in [0.15, 0.2) is 54.6 Å². The Bertz CT molecular complexity index is 542. The van der Waals surface area contributed by atoms with Crippen molar-refractivity contribution in [1.82, 2.24) is 4.90 Å². The highest BCUT2D eigenvalue weighted by Crippen LogP contribution is 2.18. The van der Waals surface area contributed by atoms with Crippen molar-refractivity contribution in [1.29, 1.82) is 0 Å². The Balaban J connectivity index is 1.75. The van der Waals surface area contributed by atoms with Gasteiger partial charge in [0, 0.05) is 17.6 Å². The molecule has 2 aromatic carbocycles. The molecular weight excluding hydrogens is 280 g/mol. The van der Waals surface area contributed by atoms with E-state index in [2.05, 4.69) is 30.1 Å². The van der Waals surface area contributed by atoms with Crippen LogP contribution in [0, 0.1) is 0 Å². The molecule has 0 amide bonds. The number of hydrogen-bond donors (Lipinski definition) is 1. The molecule has 0 aromatic heterocycles. The highest BCUT2D eigenvalue weighted by atomic mass is 35.5. The molecule has 112 valence electrons. The normalized spacial score (nSPS) is 12.6. The number of rotatable bonds is 7. The van der Waals surface area contributed by atoms with Crippen LogP contribution in [0.1, 0.15) is 30.0 Å². The van der Waals surface area contributed by atoms with Gasteiger partial charge >= 0.3 is 0 Å². The minimum atomic E-state index is 0.125. The zero-order valence-electron chi connectivity index (χ0n) is 12.5. The Labute approximate surface area is 132 Å². The molecule has 21 heavy (non-hydrogen) atoms. The summed E-state index contributed by atoms with van der Waals surface area (Å²) in [6, 6.07) is 18.4. The molecule has 0 saturated carbocycles. The van der Waals surface area contributed by atoms with Crippen molar-refractivity contribution in [2.75, 3.05) is 13.6 Å². The van der Waals surface area contributed by atoms with Gasteiger partial charge in [0.1, 0.15) is 0 Å². The van der Waals surface area contributed by atoms with E-state index in [-0.39, 0.29) is 6.04 Å². The van der Waals surface area contributed by atoms with Crippen LogP contribution in [0.5, 0.6) is 0 Å². The van der Waals surface area contributed by atoms with Gasteiger partial charge in [-0.1, -0.05) is 60.1 Å². The Kier molecular flexibility index (Phi) is 6.24. The average molecular weight is 303 g/mol. The van der Waals surface area contributed by atoms with E-state index in [4.69, 9.17) is 17.3 Å². The lowest BCUT2D eigenvalue weighted by atomic mass is 10.0. The van der Waals surface area contributed by atoms with Gasteiger partial charge in [0.2, 0.25) is 0 Å². The predicted octanol–water partition coefficient (Wildman–Crippen LogP) is 4.25. The van der Waals surface area contributed by atoms with Gasteiger partial charge in [-0.05, 0) is 43.6 Å². The molecule has 2 nitrogen and oxygen atoms in total. The van der Waals surface area contributed by atoms with E-state index in [9.17, 15) is 0 Å². The molecule has 0 fully saturated rings. The number of nitrogens with zero attached hydrogens (tertiary/aromatic N) is 1. The van der Waals surface area contributed by atoms with Crippen LogP contribution in [0.3, 0.4) is 0 Å². The van der Waals surface area contributed by atoms with E-state index in [1.165, 1.54) is 11.1 Å². The van der Waals surface area contributed by atoms with E-state index in [1.54, 1.807) is 0 Å². The Morgan fingerprint density at radius 3 is 2.43 bits per heavy atom. The van der Waals surface area contributed by atoms with E-state index in [0.717, 1.165) is 31.0 Å². The zero-order chi connectivity index (χ0) is 15.1. The highest BCUT2D eigenvalue weighted by Gasteiger charge is 2.07. The fourth-order valence-electron chi connectivity index (χ4n) is 2.44. The van der Waals surface area contributed by atoms with Crippen LogP contribution in [0.25, 0.3) is 0 Å². The van der Waals surface area contributed by atoms with Gasteiger partial charge in [-0.25, -0.2) is 0 Å². The fourth-order valence-corrected chi connectivity index (χ4v) is 2.64. The topological polar surface area (TPSA) is 29.3 Å². The first-order valence-electron chi connectivity index (χ1n) is 7.39. The van der Waals surface area contributed by atoms with Gasteiger partial charge in [0.05, 0.1) is 0 Å². The average Bonchev–Trinajstić information content (AvgIpc) is 2.50. The Morgan fingerprint density at radius 2 is 1.71 bits per heavy atom. The predicted molar refractivity (Wildman–Crippen MR) is 90.4 cm³/mol. The molecule has 0 bridgehead atoms. The molecule has 1 unspecified atom stereocenters. The van der Waals surface area contributed by atoms with Crippen LogP contribution >= 0.6 is 11.6 Å². The molecule has 2 rings (SSSR count). The van der Waals surface area contributed by atoms with Crippen molar-refractivity contribution in [2.45, 2.75) is 25.4 Å². The number of nitrogens with two attached hydrogens (primary N) is 1. The van der Waals surface area contributed by atoms with Gasteiger partial charge in [0.15, 0.2) is 0 Å². The highest BCUT2D eigenvalue weighted by molar-refractivity contribution is 6.31. The summed E-state index contributed by atoms with van der Waals surface area (Å²) in [7, 11) is 2.12. The SMILES string of the molecule is CN(CCCC(N)c1ccccc1)Cc1ccccc1Cl. The van der Waals surface area contributed by atoms with Crippen molar-refractivity contribution < 1.29 is 0 Å². The van der Waals surface area contributed by atoms with E-state index < -0.39 is 0 Å². The number of halogens is 1. The Hall–Kier alpha value is -1.35. The van der Waals surface area contributed by atoms with Gasteiger partial charge in [-0.2, -0.15) is 0 Å². The summed E-state index contributed by atoms with van der Waals surface area (Å²) in [5, 5.41) is 0.838. The Morgan fingerprint density at radius 1 is 1.05 bits per heavy atom. The van der Waals surface area contributed by atoms with Gasteiger partial charge in [-0.3, -0.25) is 0 Å². The summed E-state index contributed by atoms with van der Waals surface area (Å²) in [6.07, 6.45) is 2.08. The van der Waals surface area contributed by atoms with Crippen molar-refractivity contribution >= 4 is 11.6 Å². The fraction of sp³-hybridized carbons (Fsp3) is 0.333. The second-order valence-corrected chi connectivity index (χ2v) is 5.90. The lowest BCUT2D eigenvalue weighted by Crippen LogP contribution is -2.21. The van der Waals surface area contributed by atoms with Crippen molar-refractivity contribution in [3.8, 4) is 0 Å². The van der Waals surface area contributed by atoms with E-state index in [1.807, 2.05) is 36.4 Å². The maximum absolute atomic E-state index is 6.22. The van der Waals surface area contributed by atoms with Crippen LogP contribution in [-0.4, -0.2) is 18.5 Å². The summed E-state index contributed by atoms with van der Waals surface area (Å²) >= 11 is 6.19. The van der Waals surface area contributed by atoms with Gasteiger partial charge in [-0.15, -0.1) is 0 Å². The molecule has 0 aliphatic rings. The molecule has 0 spiro atoms. The first kappa shape index (κ1) is 16.0. The second kappa shape index (κ2) is 8.18. The van der Waals surface area contributed by atoms with E-state index >= 15 is 0 Å². The molecular formula is C18H23ClN2. The standard InChI is InChI=1S/C18H23ClN2/c1-21(14-16-10-5-6-11-17(16)19)13-7-12-18(20)15-8-3-2-4-9-15/h2-6,8-11,18H,7,12-14,20H2,1H3. The number of hydrogen-bond acceptors (Lipinski definition) is 2. The molecule has 0 aliphatic carbocycles. The minimum Gasteiger partial charge on any atom is -0.324 e. The summed E-state index contributed by atoms with van der Waals surface area (Å²) in [4.78, 5) is 2.29. The van der Waals surface area contributed by atoms with Crippen molar-refractivity contribution in [3.05, 3.63) is 70.7 Å². The molecule has 0 radical (unpaired) electrons. The van der Waals surface area contributed by atoms with Gasteiger partial charge in [0.25, 0.3) is 0 Å². The largest absolute Gasteiger partial charge is 0.324 e.